The van der Waals surface area contributed by atoms with Crippen LogP contribution in [-0.4, -0.2) is 42.0 Å². The molecule has 1 fully saturated rings. The Morgan fingerprint density at radius 2 is 2.06 bits per heavy atom. The number of amides is 1. The summed E-state index contributed by atoms with van der Waals surface area (Å²) in [6.45, 7) is 8.74. The summed E-state index contributed by atoms with van der Waals surface area (Å²) in [6, 6.07) is 0.761. The van der Waals surface area contributed by atoms with Gasteiger partial charge >= 0.3 is 0 Å². The van der Waals surface area contributed by atoms with Gasteiger partial charge in [0, 0.05) is 19.1 Å². The first-order valence-corrected chi connectivity index (χ1v) is 6.82. The molecule has 18 heavy (non-hydrogen) atoms. The van der Waals surface area contributed by atoms with E-state index < -0.39 is 5.54 Å². The van der Waals surface area contributed by atoms with E-state index in [1.54, 1.807) is 0 Å². The first kappa shape index (κ1) is 17.7. The molecule has 1 saturated carbocycles. The minimum Gasteiger partial charge on any atom is -0.353 e. The fourth-order valence-electron chi connectivity index (χ4n) is 2.19. The third kappa shape index (κ3) is 5.55. The van der Waals surface area contributed by atoms with E-state index in [0.29, 0.717) is 6.54 Å². The molecule has 3 N–H and O–H groups in total. The van der Waals surface area contributed by atoms with E-state index in [9.17, 15) is 4.79 Å². The number of carbonyl (C=O) groups is 1. The average Bonchev–Trinajstić information content (AvgIpc) is 3.08. The predicted octanol–water partition coefficient (Wildman–Crippen LogP) is 1.53. The topological polar surface area (TPSA) is 58.4 Å². The number of nitrogens with one attached hydrogen (secondary N) is 1. The summed E-state index contributed by atoms with van der Waals surface area (Å²) in [7, 11) is 0. The largest absolute Gasteiger partial charge is 0.353 e. The van der Waals surface area contributed by atoms with E-state index in [1.165, 1.54) is 12.8 Å². The van der Waals surface area contributed by atoms with Gasteiger partial charge in [-0.3, -0.25) is 9.69 Å². The third-order valence-corrected chi connectivity index (χ3v) is 3.44. The Labute approximate surface area is 117 Å². The molecule has 4 nitrogen and oxygen atoms in total. The van der Waals surface area contributed by atoms with Gasteiger partial charge < -0.3 is 11.1 Å². The molecule has 1 atom stereocenters. The van der Waals surface area contributed by atoms with Gasteiger partial charge in [-0.25, -0.2) is 0 Å². The van der Waals surface area contributed by atoms with Crippen molar-refractivity contribution in [3.8, 4) is 0 Å². The van der Waals surface area contributed by atoms with Crippen LogP contribution in [0.2, 0.25) is 0 Å². The molecule has 0 aromatic carbocycles. The van der Waals surface area contributed by atoms with Crippen LogP contribution in [0.3, 0.4) is 0 Å². The highest BCUT2D eigenvalue weighted by atomic mass is 35.5. The molecule has 0 radical (unpaired) electrons. The van der Waals surface area contributed by atoms with Crippen LogP contribution in [-0.2, 0) is 4.79 Å². The number of carbonyl (C=O) groups excluding carboxylic acids is 1. The summed E-state index contributed by atoms with van der Waals surface area (Å²) in [6.07, 6.45) is 4.29. The van der Waals surface area contributed by atoms with Crippen LogP contribution in [0.4, 0.5) is 0 Å². The number of likely N-dealkylation sites (N-methyl/N-ethyl adjacent to an activating group) is 1. The Morgan fingerprint density at radius 3 is 2.50 bits per heavy atom. The van der Waals surface area contributed by atoms with Crippen LogP contribution >= 0.6 is 12.4 Å². The lowest BCUT2D eigenvalue weighted by Crippen LogP contribution is -2.52. The van der Waals surface area contributed by atoms with Gasteiger partial charge in [-0.2, -0.15) is 0 Å². The van der Waals surface area contributed by atoms with Crippen LogP contribution in [0.1, 0.15) is 46.5 Å². The number of hydrogen-bond acceptors (Lipinski definition) is 3. The first-order chi connectivity index (χ1) is 8.01. The van der Waals surface area contributed by atoms with Crippen molar-refractivity contribution in [3.05, 3.63) is 0 Å². The van der Waals surface area contributed by atoms with E-state index in [4.69, 9.17) is 5.73 Å². The normalized spacial score (nSPS) is 18.1. The Kier molecular flexibility index (Phi) is 7.83. The first-order valence-electron chi connectivity index (χ1n) is 6.82. The molecule has 1 amide bonds. The number of hydrogen-bond donors (Lipinski definition) is 2. The maximum atomic E-state index is 11.9. The van der Waals surface area contributed by atoms with Gasteiger partial charge in [-0.15, -0.1) is 12.4 Å². The van der Waals surface area contributed by atoms with Crippen molar-refractivity contribution >= 4 is 18.3 Å². The Bertz CT molecular complexity index is 255. The third-order valence-electron chi connectivity index (χ3n) is 3.44. The molecule has 0 saturated heterocycles. The molecule has 1 aliphatic carbocycles. The van der Waals surface area contributed by atoms with Crippen molar-refractivity contribution < 1.29 is 4.79 Å². The van der Waals surface area contributed by atoms with Crippen LogP contribution < -0.4 is 11.1 Å². The summed E-state index contributed by atoms with van der Waals surface area (Å²) < 4.78 is 0. The molecule has 108 valence electrons. The molecule has 5 heteroatoms. The second-order valence-electron chi connectivity index (χ2n) is 5.28. The van der Waals surface area contributed by atoms with Crippen LogP contribution in [0.5, 0.6) is 0 Å². The van der Waals surface area contributed by atoms with Gasteiger partial charge in [0.2, 0.25) is 5.91 Å². The van der Waals surface area contributed by atoms with Crippen molar-refractivity contribution in [2.45, 2.75) is 58.0 Å². The van der Waals surface area contributed by atoms with Crippen molar-refractivity contribution in [1.82, 2.24) is 10.2 Å². The van der Waals surface area contributed by atoms with Gasteiger partial charge in [0.1, 0.15) is 0 Å². The smallest absolute Gasteiger partial charge is 0.239 e. The summed E-state index contributed by atoms with van der Waals surface area (Å²) in [4.78, 5) is 14.3. The van der Waals surface area contributed by atoms with Gasteiger partial charge in [0.25, 0.3) is 0 Å². The van der Waals surface area contributed by atoms with Gasteiger partial charge in [-0.1, -0.05) is 20.3 Å². The Morgan fingerprint density at radius 1 is 1.44 bits per heavy atom. The van der Waals surface area contributed by atoms with Gasteiger partial charge in [-0.05, 0) is 32.7 Å². The maximum absolute atomic E-state index is 11.9. The highest BCUT2D eigenvalue weighted by Gasteiger charge is 2.29. The fraction of sp³-hybridized carbons (Fsp3) is 0.923. The van der Waals surface area contributed by atoms with E-state index >= 15 is 0 Å². The zero-order valence-corrected chi connectivity index (χ0v) is 12.7. The molecule has 0 aromatic heterocycles. The Hall–Kier alpha value is -0.320. The second-order valence-corrected chi connectivity index (χ2v) is 5.28. The average molecular weight is 278 g/mol. The highest BCUT2D eigenvalue weighted by Crippen LogP contribution is 2.25. The molecule has 1 unspecified atom stereocenters. The van der Waals surface area contributed by atoms with Crippen LogP contribution in [0.25, 0.3) is 0 Å². The highest BCUT2D eigenvalue weighted by molar-refractivity contribution is 5.85. The zero-order valence-electron chi connectivity index (χ0n) is 11.9. The Balaban J connectivity index is 0.00000289. The SMILES string of the molecule is CCCC(C)(N)C(=O)NCCN(CC)C1CC1.Cl. The van der Waals surface area contributed by atoms with Crippen molar-refractivity contribution in [1.29, 1.82) is 0 Å². The van der Waals surface area contributed by atoms with Crippen molar-refractivity contribution in [3.63, 3.8) is 0 Å². The molecule has 0 heterocycles. The maximum Gasteiger partial charge on any atom is 0.239 e. The fourth-order valence-corrected chi connectivity index (χ4v) is 2.19. The number of nitrogens with two attached hydrogens (primary N) is 1. The van der Waals surface area contributed by atoms with E-state index in [0.717, 1.165) is 32.0 Å². The van der Waals surface area contributed by atoms with Gasteiger partial charge in [0.05, 0.1) is 5.54 Å². The molecule has 1 aliphatic rings. The minimum absolute atomic E-state index is 0. The summed E-state index contributed by atoms with van der Waals surface area (Å²) >= 11 is 0. The minimum atomic E-state index is -0.717. The summed E-state index contributed by atoms with van der Waals surface area (Å²) in [5, 5.41) is 2.95. The quantitative estimate of drug-likeness (QED) is 0.707. The number of halogens is 1. The van der Waals surface area contributed by atoms with Crippen LogP contribution in [0, 0.1) is 0 Å². The van der Waals surface area contributed by atoms with E-state index in [-0.39, 0.29) is 18.3 Å². The lowest BCUT2D eigenvalue weighted by Gasteiger charge is -2.25. The summed E-state index contributed by atoms with van der Waals surface area (Å²) in [5.74, 6) is -0.0220. The predicted molar refractivity (Wildman–Crippen MR) is 78.0 cm³/mol. The van der Waals surface area contributed by atoms with Crippen molar-refractivity contribution in [2.24, 2.45) is 5.73 Å². The monoisotopic (exact) mass is 277 g/mol. The molecular weight excluding hydrogens is 250 g/mol. The van der Waals surface area contributed by atoms with E-state index in [1.807, 2.05) is 13.8 Å². The molecular formula is C13H28ClN3O. The lowest BCUT2D eigenvalue weighted by atomic mass is 9.97. The second kappa shape index (κ2) is 7.97. The lowest BCUT2D eigenvalue weighted by molar-refractivity contribution is -0.126. The standard InChI is InChI=1S/C13H27N3O.ClH/c1-4-8-13(3,14)12(17)15-9-10-16(5-2)11-6-7-11;/h11H,4-10,14H2,1-3H3,(H,15,17);1H. The van der Waals surface area contributed by atoms with Crippen molar-refractivity contribution in [2.75, 3.05) is 19.6 Å². The number of rotatable bonds is 8. The summed E-state index contributed by atoms with van der Waals surface area (Å²) in [5.41, 5.74) is 5.25. The molecule has 0 bridgehead atoms. The molecule has 0 aliphatic heterocycles. The molecule has 0 aromatic rings. The number of nitrogens with zero attached hydrogens (tertiary/aromatic N) is 1. The zero-order chi connectivity index (χ0) is 12.9. The van der Waals surface area contributed by atoms with E-state index in [2.05, 4.69) is 17.1 Å². The molecule has 1 rings (SSSR count). The van der Waals surface area contributed by atoms with Gasteiger partial charge in [0.15, 0.2) is 0 Å². The molecule has 0 spiro atoms. The van der Waals surface area contributed by atoms with Crippen LogP contribution in [0.15, 0.2) is 0 Å².